The Hall–Kier alpha value is -1.03. The van der Waals surface area contributed by atoms with Gasteiger partial charge in [0, 0.05) is 6.08 Å². The number of hydrogen-bond donors (Lipinski definition) is 1. The standard InChI is InChI=1S/C7H6F2O2/c8-5-1-4(3-10)7(11)6(9)2-5/h1-4,7,11H. The summed E-state index contributed by atoms with van der Waals surface area (Å²) in [6.45, 7) is 0. The van der Waals surface area contributed by atoms with E-state index in [9.17, 15) is 13.6 Å². The maximum atomic E-state index is 12.4. The molecule has 0 bridgehead atoms. The largest absolute Gasteiger partial charge is 0.385 e. The molecule has 1 aliphatic rings. The van der Waals surface area contributed by atoms with Crippen LogP contribution in [-0.2, 0) is 4.79 Å². The fraction of sp³-hybridized carbons (Fsp3) is 0.286. The SMILES string of the molecule is O=CC1C=C(F)C=C(F)C1O. The van der Waals surface area contributed by atoms with Crippen molar-refractivity contribution >= 4 is 6.29 Å². The summed E-state index contributed by atoms with van der Waals surface area (Å²) < 4.78 is 24.8. The zero-order valence-electron chi connectivity index (χ0n) is 5.50. The molecule has 2 nitrogen and oxygen atoms in total. The van der Waals surface area contributed by atoms with Crippen molar-refractivity contribution in [3.05, 3.63) is 23.8 Å². The van der Waals surface area contributed by atoms with Crippen molar-refractivity contribution in [2.75, 3.05) is 0 Å². The van der Waals surface area contributed by atoms with E-state index in [4.69, 9.17) is 5.11 Å². The van der Waals surface area contributed by atoms with Gasteiger partial charge in [-0.1, -0.05) is 0 Å². The van der Waals surface area contributed by atoms with Crippen molar-refractivity contribution in [3.8, 4) is 0 Å². The first-order valence-corrected chi connectivity index (χ1v) is 3.03. The van der Waals surface area contributed by atoms with E-state index in [-0.39, 0.29) is 0 Å². The van der Waals surface area contributed by atoms with Crippen LogP contribution in [0.2, 0.25) is 0 Å². The second kappa shape index (κ2) is 2.92. The number of aliphatic hydroxyl groups is 1. The zero-order valence-corrected chi connectivity index (χ0v) is 5.50. The number of aliphatic hydroxyl groups excluding tert-OH is 1. The van der Waals surface area contributed by atoms with Gasteiger partial charge in [-0.3, -0.25) is 0 Å². The highest BCUT2D eigenvalue weighted by molar-refractivity contribution is 5.60. The number of allylic oxidation sites excluding steroid dienone is 2. The van der Waals surface area contributed by atoms with Crippen molar-refractivity contribution in [2.45, 2.75) is 6.10 Å². The molecular formula is C7H6F2O2. The first kappa shape index (κ1) is 8.07. The van der Waals surface area contributed by atoms with E-state index < -0.39 is 23.7 Å². The number of rotatable bonds is 1. The lowest BCUT2D eigenvalue weighted by Crippen LogP contribution is -2.23. The Morgan fingerprint density at radius 1 is 1.55 bits per heavy atom. The molecule has 0 spiro atoms. The third kappa shape index (κ3) is 1.51. The third-order valence-electron chi connectivity index (χ3n) is 1.43. The Labute approximate surface area is 61.8 Å². The summed E-state index contributed by atoms with van der Waals surface area (Å²) in [5.41, 5.74) is 0. The van der Waals surface area contributed by atoms with Gasteiger partial charge in [-0.15, -0.1) is 0 Å². The van der Waals surface area contributed by atoms with Crippen molar-refractivity contribution in [1.82, 2.24) is 0 Å². The molecule has 0 aliphatic heterocycles. The molecule has 60 valence electrons. The molecule has 0 fully saturated rings. The molecule has 2 atom stereocenters. The number of aldehydes is 1. The molecule has 0 heterocycles. The van der Waals surface area contributed by atoms with Crippen LogP contribution in [0.25, 0.3) is 0 Å². The Bertz CT molecular complexity index is 233. The van der Waals surface area contributed by atoms with Gasteiger partial charge < -0.3 is 9.90 Å². The maximum absolute atomic E-state index is 12.4. The normalized spacial score (nSPS) is 30.8. The Morgan fingerprint density at radius 2 is 2.18 bits per heavy atom. The van der Waals surface area contributed by atoms with Crippen LogP contribution in [0.1, 0.15) is 0 Å². The van der Waals surface area contributed by atoms with Gasteiger partial charge in [0.05, 0.1) is 5.92 Å². The fourth-order valence-electron chi connectivity index (χ4n) is 0.838. The summed E-state index contributed by atoms with van der Waals surface area (Å²) in [5, 5.41) is 8.87. The van der Waals surface area contributed by atoms with Crippen molar-refractivity contribution in [1.29, 1.82) is 0 Å². The fourth-order valence-corrected chi connectivity index (χ4v) is 0.838. The zero-order chi connectivity index (χ0) is 8.43. The minimum absolute atomic E-state index is 0.302. The van der Waals surface area contributed by atoms with E-state index in [2.05, 4.69) is 0 Å². The smallest absolute Gasteiger partial charge is 0.132 e. The van der Waals surface area contributed by atoms with Gasteiger partial charge in [-0.05, 0) is 6.08 Å². The minimum Gasteiger partial charge on any atom is -0.385 e. The Kier molecular flexibility index (Phi) is 2.14. The van der Waals surface area contributed by atoms with Gasteiger partial charge in [0.2, 0.25) is 0 Å². The molecule has 0 aromatic heterocycles. The topological polar surface area (TPSA) is 37.3 Å². The minimum atomic E-state index is -1.52. The van der Waals surface area contributed by atoms with Gasteiger partial charge >= 0.3 is 0 Å². The summed E-state index contributed by atoms with van der Waals surface area (Å²) in [5.74, 6) is -2.94. The highest BCUT2D eigenvalue weighted by Crippen LogP contribution is 2.23. The molecule has 1 N–H and O–H groups in total. The summed E-state index contributed by atoms with van der Waals surface area (Å²) in [4.78, 5) is 10.1. The van der Waals surface area contributed by atoms with Gasteiger partial charge in [0.15, 0.2) is 0 Å². The second-order valence-corrected chi connectivity index (χ2v) is 2.24. The van der Waals surface area contributed by atoms with Crippen LogP contribution in [0, 0.1) is 5.92 Å². The summed E-state index contributed by atoms with van der Waals surface area (Å²) in [7, 11) is 0. The van der Waals surface area contributed by atoms with Crippen molar-refractivity contribution in [3.63, 3.8) is 0 Å². The number of hydrogen-bond acceptors (Lipinski definition) is 2. The lowest BCUT2D eigenvalue weighted by atomic mass is 9.98. The lowest BCUT2D eigenvalue weighted by Gasteiger charge is -2.15. The molecule has 0 radical (unpaired) electrons. The van der Waals surface area contributed by atoms with E-state index in [1.54, 1.807) is 0 Å². The first-order chi connectivity index (χ1) is 5.15. The third-order valence-corrected chi connectivity index (χ3v) is 1.43. The van der Waals surface area contributed by atoms with E-state index in [0.717, 1.165) is 6.08 Å². The number of halogens is 2. The van der Waals surface area contributed by atoms with Crippen LogP contribution in [0.4, 0.5) is 8.78 Å². The monoisotopic (exact) mass is 160 g/mol. The highest BCUT2D eigenvalue weighted by atomic mass is 19.1. The molecule has 0 aromatic carbocycles. The van der Waals surface area contributed by atoms with E-state index >= 15 is 0 Å². The van der Waals surface area contributed by atoms with Gasteiger partial charge in [-0.25, -0.2) is 8.78 Å². The van der Waals surface area contributed by atoms with E-state index in [1.807, 2.05) is 0 Å². The van der Waals surface area contributed by atoms with Crippen molar-refractivity contribution < 1.29 is 18.7 Å². The van der Waals surface area contributed by atoms with Gasteiger partial charge in [-0.2, -0.15) is 0 Å². The van der Waals surface area contributed by atoms with Crippen LogP contribution >= 0.6 is 0 Å². The Morgan fingerprint density at radius 3 is 2.73 bits per heavy atom. The summed E-state index contributed by atoms with van der Waals surface area (Å²) >= 11 is 0. The highest BCUT2D eigenvalue weighted by Gasteiger charge is 2.25. The Balaban J connectivity index is 2.90. The van der Waals surface area contributed by atoms with Gasteiger partial charge in [0.1, 0.15) is 24.0 Å². The first-order valence-electron chi connectivity index (χ1n) is 3.03. The average molecular weight is 160 g/mol. The van der Waals surface area contributed by atoms with Crippen LogP contribution in [0.3, 0.4) is 0 Å². The predicted molar refractivity (Wildman–Crippen MR) is 33.9 cm³/mol. The van der Waals surface area contributed by atoms with Crippen LogP contribution in [0.15, 0.2) is 23.8 Å². The van der Waals surface area contributed by atoms with Crippen molar-refractivity contribution in [2.24, 2.45) is 5.92 Å². The number of carbonyl (C=O) groups is 1. The molecule has 4 heteroatoms. The second-order valence-electron chi connectivity index (χ2n) is 2.24. The molecule has 0 amide bonds. The molecule has 1 aliphatic carbocycles. The maximum Gasteiger partial charge on any atom is 0.132 e. The summed E-state index contributed by atoms with van der Waals surface area (Å²) in [6.07, 6.45) is 0.217. The van der Waals surface area contributed by atoms with Gasteiger partial charge in [0.25, 0.3) is 0 Å². The average Bonchev–Trinajstić information content (AvgIpc) is 1.96. The number of carbonyl (C=O) groups excluding carboxylic acids is 1. The quantitative estimate of drug-likeness (QED) is 0.578. The molecule has 1 rings (SSSR count). The van der Waals surface area contributed by atoms with Crippen LogP contribution in [-0.4, -0.2) is 17.5 Å². The molecule has 0 saturated carbocycles. The van der Waals surface area contributed by atoms with E-state index in [0.29, 0.717) is 12.4 Å². The molecule has 0 saturated heterocycles. The molecule has 0 aromatic rings. The molecular weight excluding hydrogens is 154 g/mol. The molecule has 11 heavy (non-hydrogen) atoms. The van der Waals surface area contributed by atoms with Crippen LogP contribution < -0.4 is 0 Å². The predicted octanol–water partition coefficient (Wildman–Crippen LogP) is 0.883. The lowest BCUT2D eigenvalue weighted by molar-refractivity contribution is -0.112. The van der Waals surface area contributed by atoms with E-state index in [1.165, 1.54) is 0 Å². The molecule has 2 unspecified atom stereocenters. The summed E-state index contributed by atoms with van der Waals surface area (Å²) in [6, 6.07) is 0. The van der Waals surface area contributed by atoms with Crippen LogP contribution in [0.5, 0.6) is 0 Å².